The van der Waals surface area contributed by atoms with Gasteiger partial charge < -0.3 is 14.6 Å². The van der Waals surface area contributed by atoms with Crippen LogP contribution >= 0.6 is 0 Å². The normalized spacial score (nSPS) is 19.4. The van der Waals surface area contributed by atoms with E-state index in [9.17, 15) is 14.7 Å². The molecule has 2 aromatic carbocycles. The zero-order chi connectivity index (χ0) is 26.7. The Balaban J connectivity index is 1.72. The van der Waals surface area contributed by atoms with Crippen molar-refractivity contribution < 1.29 is 24.2 Å². The van der Waals surface area contributed by atoms with Crippen LogP contribution < -0.4 is 4.74 Å². The molecular weight excluding hydrogens is 464 g/mol. The number of carbonyl (C=O) groups excluding carboxylic acids is 1. The van der Waals surface area contributed by atoms with Gasteiger partial charge in [0, 0.05) is 5.92 Å². The zero-order valence-electron chi connectivity index (χ0n) is 22.3. The van der Waals surface area contributed by atoms with Crippen molar-refractivity contribution in [3.8, 4) is 5.75 Å². The fraction of sp³-hybridized carbons (Fsp3) is 0.438. The number of carbonyl (C=O) groups is 2. The Kier molecular flexibility index (Phi) is 10.6. The van der Waals surface area contributed by atoms with Gasteiger partial charge in [-0.1, -0.05) is 101 Å². The number of esters is 1. The Morgan fingerprint density at radius 2 is 1.59 bits per heavy atom. The molecule has 1 atom stereocenters. The number of hydrogen-bond donors (Lipinski definition) is 1. The summed E-state index contributed by atoms with van der Waals surface area (Å²) in [5, 5.41) is 10.3. The predicted molar refractivity (Wildman–Crippen MR) is 147 cm³/mol. The van der Waals surface area contributed by atoms with Gasteiger partial charge in [0.1, 0.15) is 11.2 Å². The van der Waals surface area contributed by atoms with Gasteiger partial charge in [-0.15, -0.1) is 0 Å². The monoisotopic (exact) mass is 504 g/mol. The molecule has 0 saturated heterocycles. The van der Waals surface area contributed by atoms with Gasteiger partial charge in [0.15, 0.2) is 0 Å². The van der Waals surface area contributed by atoms with Gasteiger partial charge >= 0.3 is 11.9 Å². The van der Waals surface area contributed by atoms with E-state index >= 15 is 0 Å². The standard InChI is InChI=1S/C32H40O5/c1-4-6-7-8-11-23-36-27-17-15-25(16-18-27)26-19-21-32(22-20-26,31(34)35)29-14-10-9-13-28(29)30(33)37-24(3)12-5-2/h9-10,13-22,24,26H,4-8,11-12,23H2,1-3H3,(H,34,35). The summed E-state index contributed by atoms with van der Waals surface area (Å²) in [4.78, 5) is 25.5. The maximum absolute atomic E-state index is 12.9. The summed E-state index contributed by atoms with van der Waals surface area (Å²) >= 11 is 0. The van der Waals surface area contributed by atoms with Crippen molar-refractivity contribution in [3.63, 3.8) is 0 Å². The molecule has 5 heteroatoms. The van der Waals surface area contributed by atoms with Crippen LogP contribution in [0, 0.1) is 0 Å². The van der Waals surface area contributed by atoms with Crippen LogP contribution in [0.4, 0.5) is 0 Å². The maximum Gasteiger partial charge on any atom is 0.338 e. The minimum Gasteiger partial charge on any atom is -0.494 e. The Labute approximate surface area is 221 Å². The van der Waals surface area contributed by atoms with Crippen LogP contribution in [0.2, 0.25) is 0 Å². The third-order valence-electron chi connectivity index (χ3n) is 6.86. The van der Waals surface area contributed by atoms with Gasteiger partial charge in [0.25, 0.3) is 0 Å². The number of hydrogen-bond acceptors (Lipinski definition) is 4. The van der Waals surface area contributed by atoms with E-state index in [4.69, 9.17) is 9.47 Å². The van der Waals surface area contributed by atoms with Crippen LogP contribution in [0.5, 0.6) is 5.75 Å². The van der Waals surface area contributed by atoms with Crippen molar-refractivity contribution in [2.75, 3.05) is 6.61 Å². The lowest BCUT2D eigenvalue weighted by Gasteiger charge is -2.29. The Morgan fingerprint density at radius 3 is 2.24 bits per heavy atom. The summed E-state index contributed by atoms with van der Waals surface area (Å²) in [6.07, 6.45) is 14.6. The minimum absolute atomic E-state index is 0.0701. The number of ether oxygens (including phenoxy) is 2. The number of rotatable bonds is 14. The van der Waals surface area contributed by atoms with Crippen LogP contribution in [0.15, 0.2) is 72.8 Å². The molecule has 1 aliphatic rings. The molecule has 3 rings (SSSR count). The molecule has 0 spiro atoms. The largest absolute Gasteiger partial charge is 0.494 e. The van der Waals surface area contributed by atoms with E-state index in [0.29, 0.717) is 12.2 Å². The van der Waals surface area contributed by atoms with E-state index in [1.807, 2.05) is 50.3 Å². The lowest BCUT2D eigenvalue weighted by atomic mass is 9.73. The molecular formula is C32H40O5. The van der Waals surface area contributed by atoms with E-state index in [1.54, 1.807) is 36.4 Å². The minimum atomic E-state index is -1.44. The van der Waals surface area contributed by atoms with Crippen LogP contribution in [0.1, 0.15) is 93.1 Å². The van der Waals surface area contributed by atoms with E-state index < -0.39 is 17.4 Å². The van der Waals surface area contributed by atoms with E-state index in [-0.39, 0.29) is 17.6 Å². The molecule has 0 aliphatic heterocycles. The number of benzene rings is 2. The van der Waals surface area contributed by atoms with Gasteiger partial charge in [-0.3, -0.25) is 4.79 Å². The van der Waals surface area contributed by atoms with Crippen LogP contribution in [0.3, 0.4) is 0 Å². The summed E-state index contributed by atoms with van der Waals surface area (Å²) in [5.41, 5.74) is 0.283. The first-order valence-electron chi connectivity index (χ1n) is 13.6. The molecule has 1 unspecified atom stereocenters. The Morgan fingerprint density at radius 1 is 0.919 bits per heavy atom. The van der Waals surface area contributed by atoms with Crippen LogP contribution in [0.25, 0.3) is 0 Å². The topological polar surface area (TPSA) is 72.8 Å². The predicted octanol–water partition coefficient (Wildman–Crippen LogP) is 7.61. The van der Waals surface area contributed by atoms with Gasteiger partial charge in [0.2, 0.25) is 0 Å². The molecule has 5 nitrogen and oxygen atoms in total. The number of allylic oxidation sites excluding steroid dienone is 2. The molecule has 0 saturated carbocycles. The highest BCUT2D eigenvalue weighted by atomic mass is 16.5. The van der Waals surface area contributed by atoms with Gasteiger partial charge in [0.05, 0.1) is 18.3 Å². The zero-order valence-corrected chi connectivity index (χ0v) is 22.3. The fourth-order valence-electron chi connectivity index (χ4n) is 4.71. The Hall–Kier alpha value is -3.34. The van der Waals surface area contributed by atoms with Gasteiger partial charge in [-0.25, -0.2) is 4.79 Å². The summed E-state index contributed by atoms with van der Waals surface area (Å²) in [5.74, 6) is -0.767. The molecule has 0 heterocycles. The van der Waals surface area contributed by atoms with E-state index in [2.05, 4.69) is 6.92 Å². The van der Waals surface area contributed by atoms with Crippen molar-refractivity contribution in [3.05, 3.63) is 89.5 Å². The summed E-state index contributed by atoms with van der Waals surface area (Å²) in [7, 11) is 0. The molecule has 0 aromatic heterocycles. The number of carboxylic acid groups (broad SMARTS) is 1. The number of aliphatic carboxylic acids is 1. The second kappa shape index (κ2) is 13.8. The lowest BCUT2D eigenvalue weighted by molar-refractivity contribution is -0.140. The van der Waals surface area contributed by atoms with E-state index in [0.717, 1.165) is 30.6 Å². The summed E-state index contributed by atoms with van der Waals surface area (Å²) < 4.78 is 11.5. The highest BCUT2D eigenvalue weighted by Gasteiger charge is 2.40. The second-order valence-electron chi connectivity index (χ2n) is 9.80. The van der Waals surface area contributed by atoms with Crippen molar-refractivity contribution in [2.24, 2.45) is 0 Å². The highest BCUT2D eigenvalue weighted by molar-refractivity contribution is 5.97. The second-order valence-corrected chi connectivity index (χ2v) is 9.80. The molecule has 1 aliphatic carbocycles. The SMILES string of the molecule is CCCCCCCOc1ccc(C2C=CC(C(=O)O)(c3ccccc3C(=O)OC(C)CCC)C=C2)cc1. The van der Waals surface area contributed by atoms with Crippen molar-refractivity contribution in [1.82, 2.24) is 0 Å². The average molecular weight is 505 g/mol. The number of unbranched alkanes of at least 4 members (excludes halogenated alkanes) is 4. The van der Waals surface area contributed by atoms with Crippen LogP contribution in [-0.2, 0) is 14.9 Å². The first-order valence-corrected chi connectivity index (χ1v) is 13.6. The molecule has 198 valence electrons. The molecule has 0 amide bonds. The molecule has 2 aromatic rings. The fourth-order valence-corrected chi connectivity index (χ4v) is 4.71. The van der Waals surface area contributed by atoms with E-state index in [1.165, 1.54) is 25.7 Å². The highest BCUT2D eigenvalue weighted by Crippen LogP contribution is 2.37. The smallest absolute Gasteiger partial charge is 0.338 e. The van der Waals surface area contributed by atoms with Gasteiger partial charge in [-0.2, -0.15) is 0 Å². The van der Waals surface area contributed by atoms with Crippen LogP contribution in [-0.4, -0.2) is 29.8 Å². The molecule has 37 heavy (non-hydrogen) atoms. The van der Waals surface area contributed by atoms with Crippen molar-refractivity contribution in [2.45, 2.75) is 83.2 Å². The lowest BCUT2D eigenvalue weighted by Crippen LogP contribution is -2.35. The van der Waals surface area contributed by atoms with Crippen molar-refractivity contribution >= 4 is 11.9 Å². The van der Waals surface area contributed by atoms with Gasteiger partial charge in [-0.05, 0) is 49.1 Å². The molecule has 0 radical (unpaired) electrons. The molecule has 0 bridgehead atoms. The first kappa shape index (κ1) is 28.2. The third-order valence-corrected chi connectivity index (χ3v) is 6.86. The quantitative estimate of drug-likeness (QED) is 0.163. The molecule has 0 fully saturated rings. The summed E-state index contributed by atoms with van der Waals surface area (Å²) in [6.45, 7) is 6.81. The molecule has 1 N–H and O–H groups in total. The third kappa shape index (κ3) is 7.34. The average Bonchev–Trinajstić information content (AvgIpc) is 2.91. The maximum atomic E-state index is 12.9. The number of carboxylic acids is 1. The first-order chi connectivity index (χ1) is 17.9. The van der Waals surface area contributed by atoms with Crippen molar-refractivity contribution in [1.29, 1.82) is 0 Å². The Bertz CT molecular complexity index is 1070. The summed E-state index contributed by atoms with van der Waals surface area (Å²) in [6, 6.07) is 14.8.